The van der Waals surface area contributed by atoms with Crippen LogP contribution in [0, 0.1) is 5.92 Å². The summed E-state index contributed by atoms with van der Waals surface area (Å²) in [5, 5.41) is 9.73. The van der Waals surface area contributed by atoms with Crippen molar-refractivity contribution in [2.75, 3.05) is 13.7 Å². The van der Waals surface area contributed by atoms with Gasteiger partial charge in [-0.05, 0) is 70.7 Å². The predicted octanol–water partition coefficient (Wildman–Crippen LogP) is 3.78. The van der Waals surface area contributed by atoms with Crippen LogP contribution in [0.3, 0.4) is 0 Å². The molecule has 1 aromatic rings. The van der Waals surface area contributed by atoms with Crippen molar-refractivity contribution in [2.45, 2.75) is 71.1 Å². The van der Waals surface area contributed by atoms with E-state index in [1.807, 2.05) is 38.1 Å². The molecule has 1 N–H and O–H groups in total. The van der Waals surface area contributed by atoms with Gasteiger partial charge in [0.05, 0.1) is 25.4 Å². The van der Waals surface area contributed by atoms with Crippen molar-refractivity contribution in [3.63, 3.8) is 0 Å². The second kappa shape index (κ2) is 7.94. The third-order valence-corrected chi connectivity index (χ3v) is 4.76. The number of hydrogen-bond donors (Lipinski definition) is 1. The molecule has 0 aromatic heterocycles. The molecule has 0 unspecified atom stereocenters. The molecule has 25 heavy (non-hydrogen) atoms. The van der Waals surface area contributed by atoms with Gasteiger partial charge in [-0.3, -0.25) is 0 Å². The molecular weight excluding hydrogens is 320 g/mol. The van der Waals surface area contributed by atoms with E-state index in [2.05, 4.69) is 20.8 Å². The van der Waals surface area contributed by atoms with Gasteiger partial charge >= 0.3 is 0 Å². The van der Waals surface area contributed by atoms with Crippen LogP contribution in [0.1, 0.15) is 47.5 Å². The minimum Gasteiger partial charge on any atom is -0.497 e. The molecule has 142 valence electrons. The fraction of sp³-hybridized carbons (Fsp3) is 0.700. The highest BCUT2D eigenvalue weighted by atomic mass is 16.8. The van der Waals surface area contributed by atoms with Crippen LogP contribution in [0.5, 0.6) is 11.5 Å². The topological polar surface area (TPSA) is 57.2 Å². The summed E-state index contributed by atoms with van der Waals surface area (Å²) >= 11 is 0. The maximum atomic E-state index is 9.73. The van der Waals surface area contributed by atoms with Gasteiger partial charge < -0.3 is 24.1 Å². The lowest BCUT2D eigenvalue weighted by molar-refractivity contribution is -0.157. The van der Waals surface area contributed by atoms with Gasteiger partial charge in [-0.15, -0.1) is 0 Å². The lowest BCUT2D eigenvalue weighted by Crippen LogP contribution is -2.35. The summed E-state index contributed by atoms with van der Waals surface area (Å²) in [6.07, 6.45) is 1.52. The van der Waals surface area contributed by atoms with E-state index < -0.39 is 5.79 Å². The molecule has 1 aliphatic rings. The Morgan fingerprint density at radius 1 is 1.12 bits per heavy atom. The molecule has 1 aromatic carbocycles. The van der Waals surface area contributed by atoms with Crippen molar-refractivity contribution in [1.82, 2.24) is 0 Å². The first-order valence-electron chi connectivity index (χ1n) is 8.96. The lowest BCUT2D eigenvalue weighted by Gasteiger charge is -2.27. The molecule has 0 saturated carbocycles. The van der Waals surface area contributed by atoms with Gasteiger partial charge in [-0.25, -0.2) is 0 Å². The standard InChI is InChI=1S/C20H32O5/c1-14(7-12-18-19(2,3)25-20(4,5)24-18)17(13-21)23-16-10-8-15(22-6)9-11-16/h8-11,14,17-18,21H,7,12-13H2,1-6H3/t14-,17+,18-/m0/s1. The Morgan fingerprint density at radius 3 is 2.20 bits per heavy atom. The number of aliphatic hydroxyl groups excluding tert-OH is 1. The zero-order valence-electron chi connectivity index (χ0n) is 16.2. The first-order chi connectivity index (χ1) is 11.7. The Kier molecular flexibility index (Phi) is 6.35. The van der Waals surface area contributed by atoms with Crippen LogP contribution in [-0.2, 0) is 9.47 Å². The number of ether oxygens (including phenoxy) is 4. The maximum Gasteiger partial charge on any atom is 0.164 e. The summed E-state index contributed by atoms with van der Waals surface area (Å²) in [7, 11) is 1.63. The first-order valence-corrected chi connectivity index (χ1v) is 8.96. The molecular formula is C20H32O5. The molecule has 0 bridgehead atoms. The molecule has 1 aliphatic heterocycles. The average molecular weight is 352 g/mol. The molecule has 1 saturated heterocycles. The molecule has 5 nitrogen and oxygen atoms in total. The van der Waals surface area contributed by atoms with Gasteiger partial charge in [0.25, 0.3) is 0 Å². The normalized spacial score (nSPS) is 23.9. The van der Waals surface area contributed by atoms with Gasteiger partial charge in [-0.2, -0.15) is 0 Å². The van der Waals surface area contributed by atoms with E-state index in [1.165, 1.54) is 0 Å². The van der Waals surface area contributed by atoms with Crippen molar-refractivity contribution < 1.29 is 24.1 Å². The van der Waals surface area contributed by atoms with E-state index in [9.17, 15) is 5.11 Å². The van der Waals surface area contributed by atoms with E-state index in [4.69, 9.17) is 18.9 Å². The van der Waals surface area contributed by atoms with Gasteiger partial charge in [0.1, 0.15) is 17.6 Å². The third kappa shape index (κ3) is 5.33. The van der Waals surface area contributed by atoms with Crippen LogP contribution in [0.15, 0.2) is 24.3 Å². The summed E-state index contributed by atoms with van der Waals surface area (Å²) in [6, 6.07) is 7.41. The Hall–Kier alpha value is -1.30. The zero-order valence-corrected chi connectivity index (χ0v) is 16.2. The zero-order chi connectivity index (χ0) is 18.7. The molecule has 2 rings (SSSR count). The molecule has 1 heterocycles. The van der Waals surface area contributed by atoms with Crippen molar-refractivity contribution >= 4 is 0 Å². The number of rotatable bonds is 8. The monoisotopic (exact) mass is 352 g/mol. The van der Waals surface area contributed by atoms with E-state index in [0.29, 0.717) is 0 Å². The lowest BCUT2D eigenvalue weighted by atomic mass is 9.91. The Labute approximate surface area is 151 Å². The largest absolute Gasteiger partial charge is 0.497 e. The minimum atomic E-state index is -0.548. The molecule has 1 fully saturated rings. The summed E-state index contributed by atoms with van der Waals surface area (Å²) in [4.78, 5) is 0. The molecule has 5 heteroatoms. The van der Waals surface area contributed by atoms with Crippen LogP contribution in [0.2, 0.25) is 0 Å². The molecule has 0 spiro atoms. The van der Waals surface area contributed by atoms with Crippen LogP contribution in [0.4, 0.5) is 0 Å². The van der Waals surface area contributed by atoms with Gasteiger partial charge in [0.2, 0.25) is 0 Å². The Morgan fingerprint density at radius 2 is 1.72 bits per heavy atom. The number of aliphatic hydroxyl groups is 1. The van der Waals surface area contributed by atoms with Gasteiger partial charge in [0, 0.05) is 0 Å². The van der Waals surface area contributed by atoms with Crippen LogP contribution in [0.25, 0.3) is 0 Å². The molecule has 0 aliphatic carbocycles. The summed E-state index contributed by atoms with van der Waals surface area (Å²) in [6.45, 7) is 10.1. The fourth-order valence-corrected chi connectivity index (χ4v) is 3.38. The molecule has 0 amide bonds. The smallest absolute Gasteiger partial charge is 0.164 e. The van der Waals surface area contributed by atoms with Crippen molar-refractivity contribution in [2.24, 2.45) is 5.92 Å². The summed E-state index contributed by atoms with van der Waals surface area (Å²) in [5.41, 5.74) is -0.311. The minimum absolute atomic E-state index is 0.0237. The number of benzene rings is 1. The maximum absolute atomic E-state index is 9.73. The predicted molar refractivity (Wildman–Crippen MR) is 97.0 cm³/mol. The van der Waals surface area contributed by atoms with Crippen LogP contribution in [-0.4, -0.2) is 42.4 Å². The fourth-order valence-electron chi connectivity index (χ4n) is 3.38. The highest BCUT2D eigenvalue weighted by Crippen LogP contribution is 2.38. The highest BCUT2D eigenvalue weighted by Gasteiger charge is 2.46. The quantitative estimate of drug-likeness (QED) is 0.771. The second-order valence-corrected chi connectivity index (χ2v) is 7.78. The van der Waals surface area contributed by atoms with E-state index >= 15 is 0 Å². The van der Waals surface area contributed by atoms with Crippen LogP contribution < -0.4 is 9.47 Å². The Balaban J connectivity index is 1.90. The van der Waals surface area contributed by atoms with Crippen molar-refractivity contribution in [3.05, 3.63) is 24.3 Å². The van der Waals surface area contributed by atoms with Gasteiger partial charge in [0.15, 0.2) is 5.79 Å². The molecule has 3 atom stereocenters. The second-order valence-electron chi connectivity index (χ2n) is 7.78. The first kappa shape index (κ1) is 20.0. The SMILES string of the molecule is COc1ccc(O[C@H](CO)[C@@H](C)CC[C@@H]2OC(C)(C)OC2(C)C)cc1. The third-order valence-electron chi connectivity index (χ3n) is 4.76. The summed E-state index contributed by atoms with van der Waals surface area (Å²) in [5.74, 6) is 1.15. The van der Waals surface area contributed by atoms with E-state index in [0.717, 1.165) is 24.3 Å². The highest BCUT2D eigenvalue weighted by molar-refractivity contribution is 5.31. The number of methoxy groups -OCH3 is 1. The van der Waals surface area contributed by atoms with E-state index in [-0.39, 0.29) is 30.3 Å². The van der Waals surface area contributed by atoms with Crippen LogP contribution >= 0.6 is 0 Å². The Bertz CT molecular complexity index is 538. The molecule has 0 radical (unpaired) electrons. The number of hydrogen-bond acceptors (Lipinski definition) is 5. The average Bonchev–Trinajstić information content (AvgIpc) is 2.77. The summed E-state index contributed by atoms with van der Waals surface area (Å²) < 4.78 is 23.1. The van der Waals surface area contributed by atoms with Crippen molar-refractivity contribution in [1.29, 1.82) is 0 Å². The van der Waals surface area contributed by atoms with Crippen molar-refractivity contribution in [3.8, 4) is 11.5 Å². The van der Waals surface area contributed by atoms with Gasteiger partial charge in [-0.1, -0.05) is 6.92 Å². The van der Waals surface area contributed by atoms with E-state index in [1.54, 1.807) is 7.11 Å².